The lowest BCUT2D eigenvalue weighted by Crippen LogP contribution is -2.22. The Bertz CT molecular complexity index is 1140. The lowest BCUT2D eigenvalue weighted by atomic mass is 10.2. The van der Waals surface area contributed by atoms with Crippen molar-refractivity contribution in [2.24, 2.45) is 0 Å². The molecule has 3 aromatic heterocycles. The normalized spacial score (nSPS) is 12.2. The zero-order valence-electron chi connectivity index (χ0n) is 15.0. The zero-order valence-corrected chi connectivity index (χ0v) is 15.9. The predicted molar refractivity (Wildman–Crippen MR) is 108 cm³/mol. The van der Waals surface area contributed by atoms with E-state index in [9.17, 15) is 4.79 Å². The number of benzene rings is 1. The van der Waals surface area contributed by atoms with Crippen LogP contribution in [-0.4, -0.2) is 19.5 Å². The quantitative estimate of drug-likeness (QED) is 0.393. The highest BCUT2D eigenvalue weighted by Crippen LogP contribution is 2.34. The summed E-state index contributed by atoms with van der Waals surface area (Å²) in [6, 6.07) is 15.1. The second-order valence-electron chi connectivity index (χ2n) is 6.29. The van der Waals surface area contributed by atoms with Crippen LogP contribution in [-0.2, 0) is 0 Å². The van der Waals surface area contributed by atoms with E-state index in [0.717, 1.165) is 11.1 Å². The van der Waals surface area contributed by atoms with Gasteiger partial charge in [-0.3, -0.25) is 9.78 Å². The Morgan fingerprint density at radius 3 is 2.63 bits per heavy atom. The van der Waals surface area contributed by atoms with Crippen LogP contribution in [0.25, 0.3) is 16.7 Å². The van der Waals surface area contributed by atoms with Gasteiger partial charge < -0.3 is 0 Å². The summed E-state index contributed by atoms with van der Waals surface area (Å²) in [7, 11) is 0. The van der Waals surface area contributed by atoms with Gasteiger partial charge in [0.25, 0.3) is 5.56 Å². The van der Waals surface area contributed by atoms with E-state index in [1.54, 1.807) is 23.0 Å². The Kier molecular flexibility index (Phi) is 4.73. The summed E-state index contributed by atoms with van der Waals surface area (Å²) in [5.74, 6) is 0.574. The molecule has 134 valence electrons. The minimum atomic E-state index is -0.113. The fourth-order valence-corrected chi connectivity index (χ4v) is 3.85. The van der Waals surface area contributed by atoms with Gasteiger partial charge in [0, 0.05) is 23.8 Å². The molecule has 0 bridgehead atoms. The Morgan fingerprint density at radius 1 is 1.04 bits per heavy atom. The summed E-state index contributed by atoms with van der Waals surface area (Å²) in [6.07, 6.45) is 5.35. The highest BCUT2D eigenvalue weighted by atomic mass is 32.2. The molecule has 0 aliphatic heterocycles. The van der Waals surface area contributed by atoms with Crippen molar-refractivity contribution in [1.29, 1.82) is 0 Å². The van der Waals surface area contributed by atoms with Crippen molar-refractivity contribution in [1.82, 2.24) is 19.5 Å². The van der Waals surface area contributed by atoms with Crippen LogP contribution in [0, 0.1) is 6.92 Å². The van der Waals surface area contributed by atoms with E-state index in [-0.39, 0.29) is 10.8 Å². The van der Waals surface area contributed by atoms with Crippen LogP contribution in [0.5, 0.6) is 0 Å². The Balaban J connectivity index is 1.88. The molecule has 0 aliphatic carbocycles. The van der Waals surface area contributed by atoms with Crippen LogP contribution in [0.3, 0.4) is 0 Å². The van der Waals surface area contributed by atoms with E-state index >= 15 is 0 Å². The first-order chi connectivity index (χ1) is 13.1. The number of hydrogen-bond acceptors (Lipinski definition) is 5. The van der Waals surface area contributed by atoms with Gasteiger partial charge in [-0.25, -0.2) is 14.5 Å². The van der Waals surface area contributed by atoms with E-state index in [4.69, 9.17) is 4.98 Å². The first-order valence-corrected chi connectivity index (χ1v) is 9.53. The van der Waals surface area contributed by atoms with Crippen molar-refractivity contribution in [3.63, 3.8) is 0 Å². The van der Waals surface area contributed by atoms with Crippen molar-refractivity contribution >= 4 is 22.7 Å². The minimum absolute atomic E-state index is 0.0865. The number of fused-ring (bicyclic) bond motifs is 1. The number of rotatable bonds is 4. The first kappa shape index (κ1) is 17.4. The van der Waals surface area contributed by atoms with E-state index in [1.807, 2.05) is 55.6 Å². The second kappa shape index (κ2) is 7.32. The number of para-hydroxylation sites is 1. The third-order valence-electron chi connectivity index (χ3n) is 4.31. The molecule has 1 aromatic carbocycles. The third-order valence-corrected chi connectivity index (χ3v) is 5.42. The monoisotopic (exact) mass is 374 g/mol. The summed E-state index contributed by atoms with van der Waals surface area (Å²) >= 11 is 1.52. The molecular formula is C21H18N4OS. The fraction of sp³-hybridized carbons (Fsp3) is 0.143. The van der Waals surface area contributed by atoms with Crippen LogP contribution >= 0.6 is 11.8 Å². The molecule has 4 aromatic rings. The summed E-state index contributed by atoms with van der Waals surface area (Å²) in [6.45, 7) is 4.05. The highest BCUT2D eigenvalue weighted by molar-refractivity contribution is 7.99. The first-order valence-electron chi connectivity index (χ1n) is 8.65. The molecule has 0 spiro atoms. The van der Waals surface area contributed by atoms with E-state index in [2.05, 4.69) is 16.9 Å². The van der Waals surface area contributed by atoms with Crippen molar-refractivity contribution in [2.75, 3.05) is 0 Å². The summed E-state index contributed by atoms with van der Waals surface area (Å²) < 4.78 is 1.60. The molecule has 4 rings (SSSR count). The van der Waals surface area contributed by atoms with Crippen LogP contribution in [0.4, 0.5) is 0 Å². The molecule has 0 saturated heterocycles. The summed E-state index contributed by atoms with van der Waals surface area (Å²) in [4.78, 5) is 26.6. The number of hydrogen-bond donors (Lipinski definition) is 0. The molecule has 6 heteroatoms. The fourth-order valence-electron chi connectivity index (χ4n) is 2.83. The average Bonchev–Trinajstić information content (AvgIpc) is 2.70. The smallest absolute Gasteiger partial charge is 0.267 e. The van der Waals surface area contributed by atoms with E-state index in [0.29, 0.717) is 21.9 Å². The van der Waals surface area contributed by atoms with Gasteiger partial charge in [0.05, 0.1) is 10.9 Å². The maximum absolute atomic E-state index is 13.2. The second-order valence-corrected chi connectivity index (χ2v) is 7.60. The molecule has 1 atom stereocenters. The molecule has 5 nitrogen and oxygen atoms in total. The third kappa shape index (κ3) is 3.48. The van der Waals surface area contributed by atoms with Gasteiger partial charge in [0.2, 0.25) is 0 Å². The minimum Gasteiger partial charge on any atom is -0.268 e. The van der Waals surface area contributed by atoms with E-state index in [1.165, 1.54) is 11.8 Å². The summed E-state index contributed by atoms with van der Waals surface area (Å²) in [5, 5.41) is 1.29. The number of pyridine rings is 2. The lowest BCUT2D eigenvalue weighted by molar-refractivity contribution is 0.791. The number of aryl methyl sites for hydroxylation is 1. The van der Waals surface area contributed by atoms with Crippen molar-refractivity contribution < 1.29 is 0 Å². The number of nitrogens with zero attached hydrogens (tertiary/aromatic N) is 4. The van der Waals surface area contributed by atoms with Crippen LogP contribution < -0.4 is 5.56 Å². The van der Waals surface area contributed by atoms with Crippen molar-refractivity contribution in [3.05, 3.63) is 88.6 Å². The van der Waals surface area contributed by atoms with Crippen LogP contribution in [0.15, 0.2) is 77.1 Å². The Hall–Kier alpha value is -2.99. The highest BCUT2D eigenvalue weighted by Gasteiger charge is 2.17. The molecule has 3 heterocycles. The summed E-state index contributed by atoms with van der Waals surface area (Å²) in [5.41, 5.74) is 2.69. The molecule has 0 amide bonds. The van der Waals surface area contributed by atoms with Crippen LogP contribution in [0.2, 0.25) is 0 Å². The van der Waals surface area contributed by atoms with Crippen molar-refractivity contribution in [3.8, 4) is 5.82 Å². The molecule has 0 fully saturated rings. The van der Waals surface area contributed by atoms with Crippen LogP contribution in [0.1, 0.15) is 23.3 Å². The van der Waals surface area contributed by atoms with Crippen molar-refractivity contribution in [2.45, 2.75) is 24.3 Å². The molecule has 27 heavy (non-hydrogen) atoms. The Labute approximate surface area is 161 Å². The molecule has 0 saturated carbocycles. The molecule has 0 aliphatic rings. The predicted octanol–water partition coefficient (Wildman–Crippen LogP) is 4.34. The maximum Gasteiger partial charge on any atom is 0.267 e. The van der Waals surface area contributed by atoms with Gasteiger partial charge in [-0.15, -0.1) is 0 Å². The topological polar surface area (TPSA) is 60.7 Å². The maximum atomic E-state index is 13.2. The molecule has 0 radical (unpaired) electrons. The number of aromatic nitrogens is 4. The average molecular weight is 374 g/mol. The molecular weight excluding hydrogens is 356 g/mol. The zero-order chi connectivity index (χ0) is 18.8. The van der Waals surface area contributed by atoms with Gasteiger partial charge in [-0.1, -0.05) is 36.0 Å². The van der Waals surface area contributed by atoms with Gasteiger partial charge in [0.15, 0.2) is 5.16 Å². The largest absolute Gasteiger partial charge is 0.268 e. The van der Waals surface area contributed by atoms with E-state index < -0.39 is 0 Å². The standard InChI is InChI=1S/C21H18N4OS/c1-14-9-10-19(23-12-14)25-20(26)17-7-3-4-8-18(17)24-21(25)27-15(2)16-6-5-11-22-13-16/h3-13,15H,1-2H3/t15-/m1/s1. The Morgan fingerprint density at radius 2 is 1.89 bits per heavy atom. The molecule has 0 unspecified atom stereocenters. The molecule has 0 N–H and O–H groups in total. The SMILES string of the molecule is Cc1ccc(-n2c(S[C@H](C)c3cccnc3)nc3ccccc3c2=O)nc1. The lowest BCUT2D eigenvalue weighted by Gasteiger charge is -2.16. The van der Waals surface area contributed by atoms with Gasteiger partial charge in [0.1, 0.15) is 5.82 Å². The van der Waals surface area contributed by atoms with Gasteiger partial charge in [-0.05, 0) is 49.2 Å². The number of thioether (sulfide) groups is 1. The van der Waals surface area contributed by atoms with Gasteiger partial charge >= 0.3 is 0 Å². The van der Waals surface area contributed by atoms with Gasteiger partial charge in [-0.2, -0.15) is 0 Å².